The minimum absolute atomic E-state index is 0.592. The Hall–Kier alpha value is -0.860. The van der Waals surface area contributed by atoms with Gasteiger partial charge in [0.15, 0.2) is 0 Å². The van der Waals surface area contributed by atoms with Crippen molar-refractivity contribution < 1.29 is 0 Å². The van der Waals surface area contributed by atoms with Crippen molar-refractivity contribution in [2.45, 2.75) is 44.2 Å². The summed E-state index contributed by atoms with van der Waals surface area (Å²) in [6.07, 6.45) is 6.77. The van der Waals surface area contributed by atoms with Crippen molar-refractivity contribution >= 4 is 0 Å². The third kappa shape index (κ3) is 3.58. The molecule has 2 unspecified atom stereocenters. The van der Waals surface area contributed by atoms with Crippen LogP contribution in [-0.2, 0) is 0 Å². The Morgan fingerprint density at radius 3 is 2.58 bits per heavy atom. The number of nitrogens with one attached hydrogen (secondary N) is 1. The van der Waals surface area contributed by atoms with Gasteiger partial charge >= 0.3 is 0 Å². The maximum absolute atomic E-state index is 3.97. The Kier molecular flexibility index (Phi) is 4.19. The minimum Gasteiger partial charge on any atom is -0.307 e. The molecule has 0 aromatic heterocycles. The van der Waals surface area contributed by atoms with Crippen LogP contribution in [0.4, 0.5) is 0 Å². The first-order chi connectivity index (χ1) is 9.33. The van der Waals surface area contributed by atoms with E-state index in [1.165, 1.54) is 50.8 Å². The van der Waals surface area contributed by atoms with Gasteiger partial charge in [-0.3, -0.25) is 0 Å². The second-order valence-corrected chi connectivity index (χ2v) is 6.32. The summed E-state index contributed by atoms with van der Waals surface area (Å²) in [6.45, 7) is 2.50. The summed E-state index contributed by atoms with van der Waals surface area (Å²) < 4.78 is 0. The SMILES string of the molecule is CN1CCCC(NC(c2ccccc2)C2CC2)CC1. The van der Waals surface area contributed by atoms with Crippen molar-refractivity contribution in [3.63, 3.8) is 0 Å². The third-order valence-corrected chi connectivity index (χ3v) is 4.62. The maximum atomic E-state index is 3.97. The fourth-order valence-electron chi connectivity index (χ4n) is 3.25. The molecule has 1 aromatic carbocycles. The van der Waals surface area contributed by atoms with Crippen LogP contribution in [0.15, 0.2) is 30.3 Å². The van der Waals surface area contributed by atoms with Crippen LogP contribution in [-0.4, -0.2) is 31.1 Å². The molecule has 1 N–H and O–H groups in total. The van der Waals surface area contributed by atoms with Crippen LogP contribution < -0.4 is 5.32 Å². The van der Waals surface area contributed by atoms with Gasteiger partial charge < -0.3 is 10.2 Å². The zero-order chi connectivity index (χ0) is 13.1. The van der Waals surface area contributed by atoms with Crippen molar-refractivity contribution in [1.82, 2.24) is 10.2 Å². The lowest BCUT2D eigenvalue weighted by Crippen LogP contribution is -2.34. The van der Waals surface area contributed by atoms with E-state index >= 15 is 0 Å². The van der Waals surface area contributed by atoms with Crippen LogP contribution in [0.2, 0.25) is 0 Å². The molecule has 1 aliphatic heterocycles. The van der Waals surface area contributed by atoms with Gasteiger partial charge in [-0.25, -0.2) is 0 Å². The molecule has 1 aliphatic carbocycles. The van der Waals surface area contributed by atoms with E-state index in [1.54, 1.807) is 0 Å². The van der Waals surface area contributed by atoms with Crippen molar-refractivity contribution in [3.8, 4) is 0 Å². The molecule has 2 aliphatic rings. The lowest BCUT2D eigenvalue weighted by molar-refractivity contribution is 0.334. The zero-order valence-corrected chi connectivity index (χ0v) is 12.0. The summed E-state index contributed by atoms with van der Waals surface area (Å²) in [5.74, 6) is 0.878. The van der Waals surface area contributed by atoms with Crippen LogP contribution >= 0.6 is 0 Å². The average molecular weight is 258 g/mol. The van der Waals surface area contributed by atoms with Gasteiger partial charge in [-0.15, -0.1) is 0 Å². The Morgan fingerprint density at radius 2 is 1.84 bits per heavy atom. The van der Waals surface area contributed by atoms with Crippen LogP contribution in [0.3, 0.4) is 0 Å². The van der Waals surface area contributed by atoms with Crippen LogP contribution in [0.25, 0.3) is 0 Å². The molecule has 1 saturated heterocycles. The molecule has 2 atom stereocenters. The van der Waals surface area contributed by atoms with Crippen LogP contribution in [0, 0.1) is 5.92 Å². The van der Waals surface area contributed by atoms with E-state index in [9.17, 15) is 0 Å². The highest BCUT2D eigenvalue weighted by Crippen LogP contribution is 2.41. The highest BCUT2D eigenvalue weighted by Gasteiger charge is 2.33. The largest absolute Gasteiger partial charge is 0.307 e. The molecule has 3 rings (SSSR count). The van der Waals surface area contributed by atoms with Crippen molar-refractivity contribution in [2.75, 3.05) is 20.1 Å². The van der Waals surface area contributed by atoms with E-state index in [0.29, 0.717) is 12.1 Å². The van der Waals surface area contributed by atoms with Gasteiger partial charge in [-0.1, -0.05) is 30.3 Å². The number of hydrogen-bond donors (Lipinski definition) is 1. The Bertz CT molecular complexity index is 386. The molecular weight excluding hydrogens is 232 g/mol. The van der Waals surface area contributed by atoms with Gasteiger partial charge in [0.1, 0.15) is 0 Å². The van der Waals surface area contributed by atoms with E-state index in [0.717, 1.165) is 5.92 Å². The first-order valence-corrected chi connectivity index (χ1v) is 7.82. The molecule has 19 heavy (non-hydrogen) atoms. The van der Waals surface area contributed by atoms with Crippen LogP contribution in [0.5, 0.6) is 0 Å². The number of likely N-dealkylation sites (tertiary alicyclic amines) is 1. The summed E-state index contributed by atoms with van der Waals surface area (Å²) in [5.41, 5.74) is 1.49. The Morgan fingerprint density at radius 1 is 1.05 bits per heavy atom. The molecule has 2 fully saturated rings. The summed E-state index contributed by atoms with van der Waals surface area (Å²) in [4.78, 5) is 2.47. The Labute approximate surface area is 117 Å². The standard InChI is InChI=1S/C17H26N2/c1-19-12-5-8-16(11-13-19)18-17(15-9-10-15)14-6-3-2-4-7-14/h2-4,6-7,15-18H,5,8-13H2,1H3. The normalized spacial score (nSPS) is 26.9. The summed E-state index contributed by atoms with van der Waals surface area (Å²) >= 11 is 0. The second-order valence-electron chi connectivity index (χ2n) is 6.32. The van der Waals surface area contributed by atoms with Crippen LogP contribution in [0.1, 0.15) is 43.7 Å². The predicted molar refractivity (Wildman–Crippen MR) is 80.2 cm³/mol. The molecule has 1 aromatic rings. The molecule has 2 nitrogen and oxygen atoms in total. The summed E-state index contributed by atoms with van der Waals surface area (Å²) in [6, 6.07) is 12.3. The molecular formula is C17H26N2. The van der Waals surface area contributed by atoms with Gasteiger partial charge in [0.25, 0.3) is 0 Å². The number of nitrogens with zero attached hydrogens (tertiary/aromatic N) is 1. The van der Waals surface area contributed by atoms with Crippen molar-refractivity contribution in [2.24, 2.45) is 5.92 Å². The molecule has 0 spiro atoms. The van der Waals surface area contributed by atoms with E-state index in [-0.39, 0.29) is 0 Å². The molecule has 1 saturated carbocycles. The van der Waals surface area contributed by atoms with E-state index in [4.69, 9.17) is 0 Å². The smallest absolute Gasteiger partial charge is 0.0351 e. The fraction of sp³-hybridized carbons (Fsp3) is 0.647. The molecule has 0 radical (unpaired) electrons. The third-order valence-electron chi connectivity index (χ3n) is 4.62. The Balaban J connectivity index is 1.65. The molecule has 0 bridgehead atoms. The lowest BCUT2D eigenvalue weighted by Gasteiger charge is -2.25. The fourth-order valence-corrected chi connectivity index (χ4v) is 3.25. The minimum atomic E-state index is 0.592. The summed E-state index contributed by atoms with van der Waals surface area (Å²) in [5, 5.41) is 3.97. The summed E-state index contributed by atoms with van der Waals surface area (Å²) in [7, 11) is 2.25. The molecule has 0 amide bonds. The zero-order valence-electron chi connectivity index (χ0n) is 12.0. The number of rotatable bonds is 4. The van der Waals surface area contributed by atoms with E-state index < -0.39 is 0 Å². The predicted octanol–water partition coefficient (Wildman–Crippen LogP) is 3.21. The second kappa shape index (κ2) is 6.06. The van der Waals surface area contributed by atoms with Gasteiger partial charge in [0.2, 0.25) is 0 Å². The van der Waals surface area contributed by atoms with Gasteiger partial charge in [-0.2, -0.15) is 0 Å². The molecule has 1 heterocycles. The van der Waals surface area contributed by atoms with E-state index in [1.807, 2.05) is 0 Å². The first-order valence-electron chi connectivity index (χ1n) is 7.82. The maximum Gasteiger partial charge on any atom is 0.0351 e. The van der Waals surface area contributed by atoms with Crippen molar-refractivity contribution in [1.29, 1.82) is 0 Å². The first kappa shape index (κ1) is 13.1. The monoisotopic (exact) mass is 258 g/mol. The van der Waals surface area contributed by atoms with Gasteiger partial charge in [-0.05, 0) is 63.7 Å². The molecule has 104 valence electrons. The van der Waals surface area contributed by atoms with Gasteiger partial charge in [0.05, 0.1) is 0 Å². The lowest BCUT2D eigenvalue weighted by atomic mass is 9.99. The topological polar surface area (TPSA) is 15.3 Å². The highest BCUT2D eigenvalue weighted by molar-refractivity contribution is 5.21. The van der Waals surface area contributed by atoms with Gasteiger partial charge in [0, 0.05) is 12.1 Å². The van der Waals surface area contributed by atoms with E-state index in [2.05, 4.69) is 47.6 Å². The van der Waals surface area contributed by atoms with Crippen molar-refractivity contribution in [3.05, 3.63) is 35.9 Å². The average Bonchev–Trinajstić information content (AvgIpc) is 3.26. The molecule has 2 heteroatoms. The quantitative estimate of drug-likeness (QED) is 0.892. The number of benzene rings is 1. The highest BCUT2D eigenvalue weighted by atomic mass is 15.1. The number of hydrogen-bond acceptors (Lipinski definition) is 2.